The van der Waals surface area contributed by atoms with E-state index >= 15 is 0 Å². The normalized spacial score (nSPS) is 38.4. The van der Waals surface area contributed by atoms with Gasteiger partial charge in [0.15, 0.2) is 0 Å². The molecule has 3 aliphatic rings. The van der Waals surface area contributed by atoms with Gasteiger partial charge in [-0.1, -0.05) is 33.1 Å². The van der Waals surface area contributed by atoms with Gasteiger partial charge in [-0.2, -0.15) is 0 Å². The Morgan fingerprint density at radius 3 is 2.60 bits per heavy atom. The van der Waals surface area contributed by atoms with Gasteiger partial charge in [-0.15, -0.1) is 0 Å². The Morgan fingerprint density at radius 2 is 1.95 bits per heavy atom. The predicted molar refractivity (Wildman–Crippen MR) is 83.8 cm³/mol. The minimum Gasteiger partial charge on any atom is -0.375 e. The third-order valence-corrected chi connectivity index (χ3v) is 6.24. The van der Waals surface area contributed by atoms with Crippen LogP contribution in [0.25, 0.3) is 0 Å². The van der Waals surface area contributed by atoms with Crippen molar-refractivity contribution in [2.75, 3.05) is 13.2 Å². The first-order chi connectivity index (χ1) is 9.72. The average molecular weight is 279 g/mol. The van der Waals surface area contributed by atoms with Gasteiger partial charge in [0.2, 0.25) is 0 Å². The maximum absolute atomic E-state index is 6.24. The standard InChI is InChI=1S/C18H33NO/c1-3-19-17(15-7-6-14(2)12-15)16-8-11-20-18(13-16)9-4-5-10-18/h14-17,19H,3-13H2,1-2H3. The summed E-state index contributed by atoms with van der Waals surface area (Å²) in [5.74, 6) is 2.73. The summed E-state index contributed by atoms with van der Waals surface area (Å²) in [6.07, 6.45) is 12.4. The molecule has 1 heterocycles. The molecule has 2 heteroatoms. The number of hydrogen-bond donors (Lipinski definition) is 1. The lowest BCUT2D eigenvalue weighted by molar-refractivity contribution is -0.101. The number of rotatable bonds is 4. The Balaban J connectivity index is 1.67. The highest BCUT2D eigenvalue weighted by molar-refractivity contribution is 4.97. The van der Waals surface area contributed by atoms with Crippen LogP contribution < -0.4 is 5.32 Å². The lowest BCUT2D eigenvalue weighted by atomic mass is 9.76. The summed E-state index contributed by atoms with van der Waals surface area (Å²) in [6, 6.07) is 0.756. The summed E-state index contributed by atoms with van der Waals surface area (Å²) in [7, 11) is 0. The molecule has 1 N–H and O–H groups in total. The van der Waals surface area contributed by atoms with Gasteiger partial charge in [-0.05, 0) is 62.8 Å². The summed E-state index contributed by atoms with van der Waals surface area (Å²) in [5.41, 5.74) is 0.279. The molecule has 0 aromatic heterocycles. The Labute approximate surface area is 125 Å². The maximum Gasteiger partial charge on any atom is 0.0685 e. The summed E-state index contributed by atoms with van der Waals surface area (Å²) in [5, 5.41) is 3.87. The van der Waals surface area contributed by atoms with Crippen LogP contribution in [0.3, 0.4) is 0 Å². The maximum atomic E-state index is 6.24. The molecule has 116 valence electrons. The molecule has 0 amide bonds. The van der Waals surface area contributed by atoms with Crippen molar-refractivity contribution in [1.82, 2.24) is 5.32 Å². The van der Waals surface area contributed by atoms with Crippen LogP contribution in [0, 0.1) is 17.8 Å². The van der Waals surface area contributed by atoms with E-state index in [0.29, 0.717) is 0 Å². The molecule has 1 spiro atoms. The number of ether oxygens (including phenoxy) is 1. The molecule has 2 saturated carbocycles. The smallest absolute Gasteiger partial charge is 0.0685 e. The van der Waals surface area contributed by atoms with E-state index in [1.807, 2.05) is 0 Å². The Bertz CT molecular complexity index is 311. The van der Waals surface area contributed by atoms with Gasteiger partial charge in [-0.3, -0.25) is 0 Å². The van der Waals surface area contributed by atoms with Crippen molar-refractivity contribution in [2.24, 2.45) is 17.8 Å². The highest BCUT2D eigenvalue weighted by Crippen LogP contribution is 2.45. The minimum atomic E-state index is 0.279. The van der Waals surface area contributed by atoms with E-state index in [0.717, 1.165) is 36.9 Å². The molecule has 3 rings (SSSR count). The Hall–Kier alpha value is -0.0800. The second-order valence-electron chi connectivity index (χ2n) is 7.75. The van der Waals surface area contributed by atoms with Gasteiger partial charge in [0.05, 0.1) is 5.60 Å². The van der Waals surface area contributed by atoms with Crippen molar-refractivity contribution in [3.05, 3.63) is 0 Å². The first kappa shape index (κ1) is 14.8. The monoisotopic (exact) mass is 279 g/mol. The van der Waals surface area contributed by atoms with Gasteiger partial charge < -0.3 is 10.1 Å². The van der Waals surface area contributed by atoms with Crippen LogP contribution in [-0.4, -0.2) is 24.8 Å². The number of nitrogens with one attached hydrogen (secondary N) is 1. The Morgan fingerprint density at radius 1 is 1.15 bits per heavy atom. The molecule has 0 aromatic carbocycles. The topological polar surface area (TPSA) is 21.3 Å². The molecule has 4 atom stereocenters. The van der Waals surface area contributed by atoms with Crippen molar-refractivity contribution < 1.29 is 4.74 Å². The van der Waals surface area contributed by atoms with E-state index in [9.17, 15) is 0 Å². The molecule has 2 aliphatic carbocycles. The van der Waals surface area contributed by atoms with Crippen LogP contribution >= 0.6 is 0 Å². The molecule has 20 heavy (non-hydrogen) atoms. The molecule has 2 nitrogen and oxygen atoms in total. The van der Waals surface area contributed by atoms with E-state index in [1.165, 1.54) is 57.8 Å². The first-order valence-corrected chi connectivity index (χ1v) is 9.10. The fourth-order valence-electron chi connectivity index (χ4n) is 5.27. The highest BCUT2D eigenvalue weighted by Gasteiger charge is 2.44. The van der Waals surface area contributed by atoms with Gasteiger partial charge in [0, 0.05) is 12.6 Å². The summed E-state index contributed by atoms with van der Waals surface area (Å²) >= 11 is 0. The van der Waals surface area contributed by atoms with Crippen LogP contribution in [0.4, 0.5) is 0 Å². The fourth-order valence-corrected chi connectivity index (χ4v) is 5.27. The zero-order valence-electron chi connectivity index (χ0n) is 13.5. The quantitative estimate of drug-likeness (QED) is 0.835. The molecule has 1 saturated heterocycles. The van der Waals surface area contributed by atoms with E-state index < -0.39 is 0 Å². The molecule has 0 aromatic rings. The van der Waals surface area contributed by atoms with Crippen molar-refractivity contribution in [1.29, 1.82) is 0 Å². The molecule has 0 radical (unpaired) electrons. The van der Waals surface area contributed by atoms with E-state index in [2.05, 4.69) is 19.2 Å². The van der Waals surface area contributed by atoms with Crippen LogP contribution in [0.1, 0.15) is 71.6 Å². The third kappa shape index (κ3) is 3.06. The van der Waals surface area contributed by atoms with Gasteiger partial charge in [0.25, 0.3) is 0 Å². The zero-order valence-corrected chi connectivity index (χ0v) is 13.5. The summed E-state index contributed by atoms with van der Waals surface area (Å²) in [6.45, 7) is 6.84. The van der Waals surface area contributed by atoms with Crippen molar-refractivity contribution in [3.63, 3.8) is 0 Å². The Kier molecular flexibility index (Phi) is 4.72. The van der Waals surface area contributed by atoms with E-state index in [-0.39, 0.29) is 5.60 Å². The molecule has 1 aliphatic heterocycles. The van der Waals surface area contributed by atoms with Gasteiger partial charge in [-0.25, -0.2) is 0 Å². The van der Waals surface area contributed by atoms with Crippen LogP contribution in [0.2, 0.25) is 0 Å². The molecule has 0 bridgehead atoms. The van der Waals surface area contributed by atoms with Crippen molar-refractivity contribution in [3.8, 4) is 0 Å². The SMILES string of the molecule is CCNC(C1CCC(C)C1)C1CCOC2(CCCC2)C1. The van der Waals surface area contributed by atoms with Crippen molar-refractivity contribution in [2.45, 2.75) is 83.3 Å². The second-order valence-corrected chi connectivity index (χ2v) is 7.75. The molecule has 3 fully saturated rings. The lowest BCUT2D eigenvalue weighted by Gasteiger charge is -2.43. The van der Waals surface area contributed by atoms with Crippen LogP contribution in [0.5, 0.6) is 0 Å². The molecular weight excluding hydrogens is 246 g/mol. The molecular formula is C18H33NO. The van der Waals surface area contributed by atoms with E-state index in [4.69, 9.17) is 4.74 Å². The average Bonchev–Trinajstić information content (AvgIpc) is 3.06. The second kappa shape index (κ2) is 6.36. The highest BCUT2D eigenvalue weighted by atomic mass is 16.5. The van der Waals surface area contributed by atoms with Crippen LogP contribution in [0.15, 0.2) is 0 Å². The van der Waals surface area contributed by atoms with Crippen LogP contribution in [-0.2, 0) is 4.74 Å². The van der Waals surface area contributed by atoms with Gasteiger partial charge >= 0.3 is 0 Å². The summed E-state index contributed by atoms with van der Waals surface area (Å²) in [4.78, 5) is 0. The zero-order chi connectivity index (χ0) is 14.0. The predicted octanol–water partition coefficient (Wildman–Crippen LogP) is 4.14. The third-order valence-electron chi connectivity index (χ3n) is 6.24. The number of hydrogen-bond acceptors (Lipinski definition) is 2. The first-order valence-electron chi connectivity index (χ1n) is 9.10. The summed E-state index contributed by atoms with van der Waals surface area (Å²) < 4.78 is 6.24. The largest absolute Gasteiger partial charge is 0.375 e. The lowest BCUT2D eigenvalue weighted by Crippen LogP contribution is -2.48. The minimum absolute atomic E-state index is 0.279. The van der Waals surface area contributed by atoms with Crippen molar-refractivity contribution >= 4 is 0 Å². The molecule has 4 unspecified atom stereocenters. The fraction of sp³-hybridized carbons (Fsp3) is 1.00. The van der Waals surface area contributed by atoms with Gasteiger partial charge in [0.1, 0.15) is 0 Å². The van der Waals surface area contributed by atoms with E-state index in [1.54, 1.807) is 0 Å².